The zero-order valence-electron chi connectivity index (χ0n) is 15.6. The topological polar surface area (TPSA) is 86.4 Å². The summed E-state index contributed by atoms with van der Waals surface area (Å²) in [5.74, 6) is -0.0821. The first-order valence-electron chi connectivity index (χ1n) is 9.20. The van der Waals surface area contributed by atoms with Gasteiger partial charge in [0.25, 0.3) is 5.91 Å². The monoisotopic (exact) mass is 387 g/mol. The fourth-order valence-electron chi connectivity index (χ4n) is 3.04. The number of anilines is 2. The number of amides is 3. The van der Waals surface area contributed by atoms with Gasteiger partial charge >= 0.3 is 6.03 Å². The van der Waals surface area contributed by atoms with Gasteiger partial charge in [-0.1, -0.05) is 29.5 Å². The Balaban J connectivity index is 1.49. The lowest BCUT2D eigenvalue weighted by molar-refractivity contribution is 0.0922. The molecular formula is C19H25N5O2S. The summed E-state index contributed by atoms with van der Waals surface area (Å²) in [5, 5.41) is 9.90. The standard InChI is InChI=1S/C19H25N5O2S/c1-3-20-18-21-13(2)16(27-18)17(25)22-15-9-11-24(12-10-15)19(26)23-14-7-5-4-6-8-14/h4-8,15H,3,9-12H2,1-2H3,(H,20,21)(H,22,25)(H,23,26). The van der Waals surface area contributed by atoms with Crippen molar-refractivity contribution in [3.8, 4) is 0 Å². The maximum Gasteiger partial charge on any atom is 0.321 e. The Hall–Kier alpha value is -2.61. The summed E-state index contributed by atoms with van der Waals surface area (Å²) in [6, 6.07) is 9.39. The predicted molar refractivity (Wildman–Crippen MR) is 109 cm³/mol. The molecule has 8 heteroatoms. The molecule has 0 bridgehead atoms. The third kappa shape index (κ3) is 4.97. The number of thiazole rings is 1. The van der Waals surface area contributed by atoms with E-state index in [-0.39, 0.29) is 18.0 Å². The van der Waals surface area contributed by atoms with Gasteiger partial charge in [0.1, 0.15) is 4.88 Å². The summed E-state index contributed by atoms with van der Waals surface area (Å²) in [6.45, 7) is 5.86. The van der Waals surface area contributed by atoms with E-state index < -0.39 is 0 Å². The normalized spacial score (nSPS) is 14.7. The van der Waals surface area contributed by atoms with Gasteiger partial charge < -0.3 is 20.9 Å². The molecule has 1 saturated heterocycles. The van der Waals surface area contributed by atoms with Crippen molar-refractivity contribution in [1.29, 1.82) is 0 Å². The van der Waals surface area contributed by atoms with Crippen molar-refractivity contribution in [3.05, 3.63) is 40.9 Å². The van der Waals surface area contributed by atoms with Crippen molar-refractivity contribution in [3.63, 3.8) is 0 Å². The Bertz CT molecular complexity index is 785. The molecule has 2 heterocycles. The molecule has 3 amide bonds. The van der Waals surface area contributed by atoms with E-state index in [9.17, 15) is 9.59 Å². The quantitative estimate of drug-likeness (QED) is 0.735. The summed E-state index contributed by atoms with van der Waals surface area (Å²) in [4.78, 5) is 31.7. The average Bonchev–Trinajstić information content (AvgIpc) is 3.04. The summed E-state index contributed by atoms with van der Waals surface area (Å²) in [7, 11) is 0. The number of nitrogens with zero attached hydrogens (tertiary/aromatic N) is 2. The highest BCUT2D eigenvalue weighted by Gasteiger charge is 2.25. The summed E-state index contributed by atoms with van der Waals surface area (Å²) in [6.07, 6.45) is 1.48. The molecule has 1 fully saturated rings. The van der Waals surface area contributed by atoms with Gasteiger partial charge in [0, 0.05) is 31.4 Å². The Labute approximate surface area is 163 Å². The second kappa shape index (κ2) is 8.85. The van der Waals surface area contributed by atoms with E-state index in [2.05, 4.69) is 20.9 Å². The van der Waals surface area contributed by atoms with Gasteiger partial charge in [0.15, 0.2) is 5.13 Å². The number of aromatic nitrogens is 1. The number of hydrogen-bond donors (Lipinski definition) is 3. The van der Waals surface area contributed by atoms with E-state index in [0.29, 0.717) is 18.0 Å². The first-order valence-corrected chi connectivity index (χ1v) is 10.0. The number of urea groups is 1. The summed E-state index contributed by atoms with van der Waals surface area (Å²) >= 11 is 1.38. The molecule has 3 N–H and O–H groups in total. The molecule has 7 nitrogen and oxygen atoms in total. The van der Waals surface area contributed by atoms with Gasteiger partial charge in [-0.3, -0.25) is 4.79 Å². The number of carbonyl (C=O) groups excluding carboxylic acids is 2. The second-order valence-corrected chi connectivity index (χ2v) is 7.49. The number of hydrogen-bond acceptors (Lipinski definition) is 5. The van der Waals surface area contributed by atoms with Crippen LogP contribution in [0, 0.1) is 6.92 Å². The van der Waals surface area contributed by atoms with Gasteiger partial charge in [-0.05, 0) is 38.8 Å². The first-order chi connectivity index (χ1) is 13.1. The molecule has 3 rings (SSSR count). The van der Waals surface area contributed by atoms with Crippen LogP contribution in [-0.2, 0) is 0 Å². The number of benzene rings is 1. The van der Waals surface area contributed by atoms with Crippen LogP contribution in [0.15, 0.2) is 30.3 Å². The molecule has 2 aromatic rings. The van der Waals surface area contributed by atoms with Crippen LogP contribution < -0.4 is 16.0 Å². The van der Waals surface area contributed by atoms with Gasteiger partial charge in [0.05, 0.1) is 5.69 Å². The maximum absolute atomic E-state index is 12.5. The minimum absolute atomic E-state index is 0.0716. The van der Waals surface area contributed by atoms with Crippen molar-refractivity contribution in [1.82, 2.24) is 15.2 Å². The molecule has 0 atom stereocenters. The molecule has 0 radical (unpaired) electrons. The fourth-order valence-corrected chi connectivity index (χ4v) is 3.97. The first kappa shape index (κ1) is 19.2. The highest BCUT2D eigenvalue weighted by molar-refractivity contribution is 7.17. The van der Waals surface area contributed by atoms with E-state index >= 15 is 0 Å². The molecular weight excluding hydrogens is 362 g/mol. The molecule has 1 aromatic carbocycles. The van der Waals surface area contributed by atoms with Crippen LogP contribution >= 0.6 is 11.3 Å². The zero-order valence-corrected chi connectivity index (χ0v) is 16.4. The Morgan fingerprint density at radius 2 is 1.93 bits per heavy atom. The molecule has 1 aliphatic rings. The van der Waals surface area contributed by atoms with Crippen molar-refractivity contribution < 1.29 is 9.59 Å². The van der Waals surface area contributed by atoms with Crippen LogP contribution in [0.3, 0.4) is 0 Å². The van der Waals surface area contributed by atoms with Crippen molar-refractivity contribution in [2.75, 3.05) is 30.3 Å². The van der Waals surface area contributed by atoms with E-state index in [4.69, 9.17) is 0 Å². The number of carbonyl (C=O) groups is 2. The second-order valence-electron chi connectivity index (χ2n) is 6.49. The third-order valence-electron chi connectivity index (χ3n) is 4.47. The zero-order chi connectivity index (χ0) is 19.2. The van der Waals surface area contributed by atoms with Crippen molar-refractivity contribution >= 4 is 34.1 Å². The lowest BCUT2D eigenvalue weighted by Crippen LogP contribution is -2.47. The van der Waals surface area contributed by atoms with E-state index in [0.717, 1.165) is 35.9 Å². The fraction of sp³-hybridized carbons (Fsp3) is 0.421. The van der Waals surface area contributed by atoms with Crippen LogP contribution in [0.2, 0.25) is 0 Å². The van der Waals surface area contributed by atoms with E-state index in [1.807, 2.05) is 44.2 Å². The number of likely N-dealkylation sites (tertiary alicyclic amines) is 1. The van der Waals surface area contributed by atoms with Crippen molar-refractivity contribution in [2.24, 2.45) is 0 Å². The highest BCUT2D eigenvalue weighted by atomic mass is 32.1. The molecule has 0 aliphatic carbocycles. The Morgan fingerprint density at radius 1 is 1.22 bits per heavy atom. The molecule has 0 saturated carbocycles. The largest absolute Gasteiger partial charge is 0.362 e. The summed E-state index contributed by atoms with van der Waals surface area (Å²) in [5.41, 5.74) is 1.53. The lowest BCUT2D eigenvalue weighted by atomic mass is 10.1. The van der Waals surface area contributed by atoms with Gasteiger partial charge in [-0.2, -0.15) is 0 Å². The van der Waals surface area contributed by atoms with E-state index in [1.54, 1.807) is 4.90 Å². The lowest BCUT2D eigenvalue weighted by Gasteiger charge is -2.32. The maximum atomic E-state index is 12.5. The SMILES string of the molecule is CCNc1nc(C)c(C(=O)NC2CCN(C(=O)Nc3ccccc3)CC2)s1. The molecule has 1 aliphatic heterocycles. The van der Waals surface area contributed by atoms with Gasteiger partial charge in [-0.15, -0.1) is 0 Å². The van der Waals surface area contributed by atoms with Gasteiger partial charge in [-0.25, -0.2) is 9.78 Å². The average molecular weight is 388 g/mol. The molecule has 0 unspecified atom stereocenters. The third-order valence-corrected chi connectivity index (χ3v) is 5.59. The molecule has 1 aromatic heterocycles. The summed E-state index contributed by atoms with van der Waals surface area (Å²) < 4.78 is 0. The van der Waals surface area contributed by atoms with Crippen LogP contribution in [0.25, 0.3) is 0 Å². The Morgan fingerprint density at radius 3 is 2.59 bits per heavy atom. The molecule has 144 valence electrons. The number of rotatable bonds is 5. The molecule has 0 spiro atoms. The Kier molecular flexibility index (Phi) is 6.28. The number of aryl methyl sites for hydroxylation is 1. The minimum atomic E-state index is -0.0976. The van der Waals surface area contributed by atoms with E-state index in [1.165, 1.54) is 11.3 Å². The van der Waals surface area contributed by atoms with Crippen LogP contribution in [0.4, 0.5) is 15.6 Å². The minimum Gasteiger partial charge on any atom is -0.362 e. The number of para-hydroxylation sites is 1. The predicted octanol–water partition coefficient (Wildman–Crippen LogP) is 3.31. The van der Waals surface area contributed by atoms with Crippen LogP contribution in [0.1, 0.15) is 35.1 Å². The highest BCUT2D eigenvalue weighted by Crippen LogP contribution is 2.23. The molecule has 27 heavy (non-hydrogen) atoms. The van der Waals surface area contributed by atoms with Gasteiger partial charge in [0.2, 0.25) is 0 Å². The number of nitrogens with one attached hydrogen (secondary N) is 3. The van der Waals surface area contributed by atoms with Crippen molar-refractivity contribution in [2.45, 2.75) is 32.7 Å². The smallest absolute Gasteiger partial charge is 0.321 e. The van der Waals surface area contributed by atoms with Crippen LogP contribution in [-0.4, -0.2) is 47.5 Å². The van der Waals surface area contributed by atoms with Crippen LogP contribution in [0.5, 0.6) is 0 Å². The number of piperidine rings is 1.